The lowest BCUT2D eigenvalue weighted by atomic mass is 10.2. The van der Waals surface area contributed by atoms with E-state index in [1.54, 1.807) is 30.3 Å². The molecule has 0 saturated heterocycles. The van der Waals surface area contributed by atoms with Gasteiger partial charge >= 0.3 is 0 Å². The van der Waals surface area contributed by atoms with E-state index in [0.29, 0.717) is 18.0 Å². The maximum absolute atomic E-state index is 11.9. The van der Waals surface area contributed by atoms with Crippen LogP contribution in [0.15, 0.2) is 42.5 Å². The molecule has 1 aliphatic rings. The highest BCUT2D eigenvalue weighted by atomic mass is 16.7. The Labute approximate surface area is 138 Å². The van der Waals surface area contributed by atoms with Crippen molar-refractivity contribution in [2.45, 2.75) is 6.54 Å². The van der Waals surface area contributed by atoms with Crippen molar-refractivity contribution in [3.63, 3.8) is 0 Å². The van der Waals surface area contributed by atoms with Crippen LogP contribution in [0.2, 0.25) is 0 Å². The van der Waals surface area contributed by atoms with Gasteiger partial charge in [-0.2, -0.15) is 0 Å². The van der Waals surface area contributed by atoms with Gasteiger partial charge in [0.05, 0.1) is 5.56 Å². The number of para-hydroxylation sites is 1. The van der Waals surface area contributed by atoms with Crippen LogP contribution in [0.1, 0.15) is 15.9 Å². The summed E-state index contributed by atoms with van der Waals surface area (Å²) in [6.07, 6.45) is 0. The first-order chi connectivity index (χ1) is 11.6. The molecule has 0 spiro atoms. The van der Waals surface area contributed by atoms with Crippen molar-refractivity contribution in [1.82, 2.24) is 5.32 Å². The van der Waals surface area contributed by atoms with E-state index in [4.69, 9.17) is 19.9 Å². The van der Waals surface area contributed by atoms with Crippen molar-refractivity contribution in [2.24, 2.45) is 5.73 Å². The third kappa shape index (κ3) is 3.57. The topological polar surface area (TPSA) is 99.9 Å². The van der Waals surface area contributed by atoms with E-state index < -0.39 is 5.91 Å². The van der Waals surface area contributed by atoms with Crippen LogP contribution in [0.3, 0.4) is 0 Å². The molecule has 7 nitrogen and oxygen atoms in total. The van der Waals surface area contributed by atoms with Gasteiger partial charge in [-0.05, 0) is 29.8 Å². The third-order valence-corrected chi connectivity index (χ3v) is 3.44. The van der Waals surface area contributed by atoms with Crippen LogP contribution < -0.4 is 25.3 Å². The monoisotopic (exact) mass is 328 g/mol. The van der Waals surface area contributed by atoms with Crippen molar-refractivity contribution in [3.8, 4) is 17.2 Å². The zero-order chi connectivity index (χ0) is 16.9. The number of hydrogen-bond acceptors (Lipinski definition) is 5. The summed E-state index contributed by atoms with van der Waals surface area (Å²) in [4.78, 5) is 23.2. The number of nitrogens with one attached hydrogen (secondary N) is 1. The summed E-state index contributed by atoms with van der Waals surface area (Å²) in [5.41, 5.74) is 6.38. The van der Waals surface area contributed by atoms with Crippen molar-refractivity contribution < 1.29 is 23.8 Å². The molecule has 0 unspecified atom stereocenters. The SMILES string of the molecule is NC(=O)c1ccccc1OCC(=O)NCc1ccc2c(c1)OCO2. The summed E-state index contributed by atoms with van der Waals surface area (Å²) in [5.74, 6) is 0.714. The van der Waals surface area contributed by atoms with E-state index in [2.05, 4.69) is 5.32 Å². The molecular weight excluding hydrogens is 312 g/mol. The molecule has 2 amide bonds. The molecular formula is C17H16N2O5. The first kappa shape index (κ1) is 15.7. The normalized spacial score (nSPS) is 11.8. The second-order valence-corrected chi connectivity index (χ2v) is 5.11. The van der Waals surface area contributed by atoms with Crippen LogP contribution in [0.5, 0.6) is 17.2 Å². The minimum Gasteiger partial charge on any atom is -0.483 e. The highest BCUT2D eigenvalue weighted by molar-refractivity contribution is 5.95. The van der Waals surface area contributed by atoms with Gasteiger partial charge in [0.25, 0.3) is 11.8 Å². The number of nitrogens with two attached hydrogens (primary N) is 1. The summed E-state index contributed by atoms with van der Waals surface area (Å²) in [5, 5.41) is 2.73. The smallest absolute Gasteiger partial charge is 0.258 e. The number of ether oxygens (including phenoxy) is 3. The van der Waals surface area contributed by atoms with Crippen LogP contribution in [-0.2, 0) is 11.3 Å². The Bertz CT molecular complexity index is 775. The molecule has 0 aromatic heterocycles. The molecule has 0 radical (unpaired) electrons. The zero-order valence-electron chi connectivity index (χ0n) is 12.8. The number of carbonyl (C=O) groups excluding carboxylic acids is 2. The number of rotatable bonds is 6. The van der Waals surface area contributed by atoms with Gasteiger partial charge in [0, 0.05) is 6.54 Å². The number of carbonyl (C=O) groups is 2. The molecule has 2 aromatic rings. The van der Waals surface area contributed by atoms with Gasteiger partial charge in [0.1, 0.15) is 5.75 Å². The summed E-state index contributed by atoms with van der Waals surface area (Å²) < 4.78 is 15.9. The van der Waals surface area contributed by atoms with Gasteiger partial charge in [0.15, 0.2) is 18.1 Å². The van der Waals surface area contributed by atoms with Crippen LogP contribution >= 0.6 is 0 Å². The Hall–Kier alpha value is -3.22. The lowest BCUT2D eigenvalue weighted by Crippen LogP contribution is -2.28. The standard InChI is InChI=1S/C17H16N2O5/c18-17(21)12-3-1-2-4-13(12)22-9-16(20)19-8-11-5-6-14-15(7-11)24-10-23-14/h1-7H,8-10H2,(H2,18,21)(H,19,20). The second kappa shape index (κ2) is 6.91. The molecule has 1 heterocycles. The summed E-state index contributed by atoms with van der Waals surface area (Å²) >= 11 is 0. The minimum atomic E-state index is -0.605. The molecule has 1 aliphatic heterocycles. The van der Waals surface area contributed by atoms with Crippen molar-refractivity contribution in [1.29, 1.82) is 0 Å². The van der Waals surface area contributed by atoms with Gasteiger partial charge in [-0.15, -0.1) is 0 Å². The largest absolute Gasteiger partial charge is 0.483 e. The molecule has 0 atom stereocenters. The molecule has 3 N–H and O–H groups in total. The van der Waals surface area contributed by atoms with Crippen LogP contribution in [0.25, 0.3) is 0 Å². The fourth-order valence-electron chi connectivity index (χ4n) is 2.24. The highest BCUT2D eigenvalue weighted by Gasteiger charge is 2.14. The molecule has 0 fully saturated rings. The van der Waals surface area contributed by atoms with E-state index in [-0.39, 0.29) is 30.6 Å². The summed E-state index contributed by atoms with van der Waals surface area (Å²) in [6.45, 7) is 0.323. The summed E-state index contributed by atoms with van der Waals surface area (Å²) in [6, 6.07) is 12.0. The molecule has 7 heteroatoms. The quantitative estimate of drug-likeness (QED) is 0.830. The van der Waals surface area contributed by atoms with Crippen LogP contribution in [0.4, 0.5) is 0 Å². The van der Waals surface area contributed by atoms with Gasteiger partial charge in [-0.3, -0.25) is 9.59 Å². The van der Waals surface area contributed by atoms with Gasteiger partial charge in [-0.1, -0.05) is 18.2 Å². The Morgan fingerprint density at radius 2 is 1.92 bits per heavy atom. The predicted molar refractivity (Wildman–Crippen MR) is 84.9 cm³/mol. The molecule has 0 bridgehead atoms. The van der Waals surface area contributed by atoms with E-state index in [9.17, 15) is 9.59 Å². The number of primary amides is 1. The molecule has 24 heavy (non-hydrogen) atoms. The average Bonchev–Trinajstić information content (AvgIpc) is 3.06. The maximum atomic E-state index is 11.9. The zero-order valence-corrected chi connectivity index (χ0v) is 12.8. The van der Waals surface area contributed by atoms with Crippen LogP contribution in [0, 0.1) is 0 Å². The summed E-state index contributed by atoms with van der Waals surface area (Å²) in [7, 11) is 0. The Kier molecular flexibility index (Phi) is 4.51. The Balaban J connectivity index is 1.52. The lowest BCUT2D eigenvalue weighted by molar-refractivity contribution is -0.123. The number of benzene rings is 2. The molecule has 124 valence electrons. The fraction of sp³-hybridized carbons (Fsp3) is 0.176. The first-order valence-corrected chi connectivity index (χ1v) is 7.30. The lowest BCUT2D eigenvalue weighted by Gasteiger charge is -2.10. The van der Waals surface area contributed by atoms with Crippen molar-refractivity contribution in [2.75, 3.05) is 13.4 Å². The second-order valence-electron chi connectivity index (χ2n) is 5.11. The van der Waals surface area contributed by atoms with E-state index in [0.717, 1.165) is 5.56 Å². The first-order valence-electron chi connectivity index (χ1n) is 7.30. The van der Waals surface area contributed by atoms with Crippen molar-refractivity contribution in [3.05, 3.63) is 53.6 Å². The van der Waals surface area contributed by atoms with E-state index in [1.807, 2.05) is 12.1 Å². The third-order valence-electron chi connectivity index (χ3n) is 3.44. The molecule has 0 aliphatic carbocycles. The Morgan fingerprint density at radius 1 is 1.12 bits per heavy atom. The predicted octanol–water partition coefficient (Wildman–Crippen LogP) is 1.21. The number of amides is 2. The molecule has 2 aromatic carbocycles. The number of hydrogen-bond donors (Lipinski definition) is 2. The van der Waals surface area contributed by atoms with Gasteiger partial charge in [0.2, 0.25) is 6.79 Å². The molecule has 3 rings (SSSR count). The maximum Gasteiger partial charge on any atom is 0.258 e. The Morgan fingerprint density at radius 3 is 2.75 bits per heavy atom. The average molecular weight is 328 g/mol. The molecule has 0 saturated carbocycles. The fourth-order valence-corrected chi connectivity index (χ4v) is 2.24. The highest BCUT2D eigenvalue weighted by Crippen LogP contribution is 2.32. The van der Waals surface area contributed by atoms with Gasteiger partial charge in [-0.25, -0.2) is 0 Å². The number of fused-ring (bicyclic) bond motifs is 1. The van der Waals surface area contributed by atoms with Gasteiger partial charge < -0.3 is 25.3 Å². The van der Waals surface area contributed by atoms with Crippen LogP contribution in [-0.4, -0.2) is 25.2 Å². The van der Waals surface area contributed by atoms with E-state index >= 15 is 0 Å². The van der Waals surface area contributed by atoms with E-state index in [1.165, 1.54) is 0 Å². The minimum absolute atomic E-state index is 0.207. The van der Waals surface area contributed by atoms with Crippen molar-refractivity contribution >= 4 is 11.8 Å².